The molecule has 110 valence electrons. The van der Waals surface area contributed by atoms with Crippen LogP contribution in [0.25, 0.3) is 0 Å². The summed E-state index contributed by atoms with van der Waals surface area (Å²) in [6.07, 6.45) is 1.64. The Balaban J connectivity index is 2.48. The van der Waals surface area contributed by atoms with Gasteiger partial charge in [0.05, 0.1) is 11.3 Å². The van der Waals surface area contributed by atoms with Crippen LogP contribution in [-0.4, -0.2) is 15.2 Å². The molecule has 0 saturated heterocycles. The van der Waals surface area contributed by atoms with Crippen molar-refractivity contribution in [1.82, 2.24) is 10.2 Å². The van der Waals surface area contributed by atoms with Crippen molar-refractivity contribution in [2.45, 2.75) is 33.6 Å². The molecule has 0 aliphatic carbocycles. The maximum absolute atomic E-state index is 5.92. The van der Waals surface area contributed by atoms with Gasteiger partial charge in [-0.25, -0.2) is 0 Å². The summed E-state index contributed by atoms with van der Waals surface area (Å²) in [6, 6.07) is 8.08. The highest BCUT2D eigenvalue weighted by Crippen LogP contribution is 2.24. The molecular formula is C16H20N4S. The van der Waals surface area contributed by atoms with Gasteiger partial charge in [0.1, 0.15) is 4.99 Å². The predicted octanol–water partition coefficient (Wildman–Crippen LogP) is 3.29. The number of nitrogens with one attached hydrogen (secondary N) is 1. The number of aryl methyl sites for hydroxylation is 2. The van der Waals surface area contributed by atoms with Crippen molar-refractivity contribution in [2.24, 2.45) is 5.73 Å². The first-order valence-electron chi connectivity index (χ1n) is 7.08. The number of thiocarbonyl (C=S) groups is 1. The summed E-state index contributed by atoms with van der Waals surface area (Å²) in [6.45, 7) is 6.18. The topological polar surface area (TPSA) is 63.8 Å². The van der Waals surface area contributed by atoms with Crippen molar-refractivity contribution in [3.8, 4) is 0 Å². The van der Waals surface area contributed by atoms with Gasteiger partial charge < -0.3 is 11.1 Å². The normalized spacial score (nSPS) is 10.4. The number of hydrogen-bond donors (Lipinski definition) is 2. The Morgan fingerprint density at radius 2 is 1.81 bits per heavy atom. The molecular weight excluding hydrogens is 280 g/mol. The number of aromatic nitrogens is 2. The molecule has 0 atom stereocenters. The first-order chi connectivity index (χ1) is 10.1. The highest BCUT2D eigenvalue weighted by Gasteiger charge is 2.16. The Labute approximate surface area is 130 Å². The molecule has 3 N–H and O–H groups in total. The minimum atomic E-state index is 0.353. The summed E-state index contributed by atoms with van der Waals surface area (Å²) in [5.41, 5.74) is 10.9. The summed E-state index contributed by atoms with van der Waals surface area (Å²) in [5, 5.41) is 11.8. The van der Waals surface area contributed by atoms with Crippen LogP contribution < -0.4 is 11.1 Å². The molecule has 0 bridgehead atoms. The van der Waals surface area contributed by atoms with Gasteiger partial charge in [-0.3, -0.25) is 0 Å². The fourth-order valence-electron chi connectivity index (χ4n) is 2.30. The van der Waals surface area contributed by atoms with Gasteiger partial charge in [0.25, 0.3) is 0 Å². The molecule has 21 heavy (non-hydrogen) atoms. The fourth-order valence-corrected chi connectivity index (χ4v) is 2.52. The quantitative estimate of drug-likeness (QED) is 0.830. The van der Waals surface area contributed by atoms with E-state index in [1.165, 1.54) is 5.56 Å². The molecule has 0 amide bonds. The van der Waals surface area contributed by atoms with Crippen LogP contribution in [0.15, 0.2) is 24.3 Å². The Bertz CT molecular complexity index is 650. The van der Waals surface area contributed by atoms with Crippen LogP contribution >= 0.6 is 12.2 Å². The average molecular weight is 300 g/mol. The lowest BCUT2D eigenvalue weighted by atomic mass is 10.0. The van der Waals surface area contributed by atoms with Crippen LogP contribution in [0.4, 0.5) is 11.5 Å². The fraction of sp³-hybridized carbons (Fsp3) is 0.312. The zero-order valence-electron chi connectivity index (χ0n) is 12.6. The summed E-state index contributed by atoms with van der Waals surface area (Å²) >= 11 is 5.22. The van der Waals surface area contributed by atoms with E-state index in [-0.39, 0.29) is 0 Å². The first-order valence-corrected chi connectivity index (χ1v) is 7.49. The minimum Gasteiger partial charge on any atom is -0.389 e. The number of hydrogen-bond acceptors (Lipinski definition) is 4. The standard InChI is InChI=1S/C16H20N4S/c1-4-12-13(5-2)19-20-16(14(12)15(17)21)18-11-8-6-10(3)7-9-11/h6-9H,4-5H2,1-3H3,(H2,17,21)(H,18,20). The van der Waals surface area contributed by atoms with Gasteiger partial charge in [-0.2, -0.15) is 5.10 Å². The van der Waals surface area contributed by atoms with Gasteiger partial charge in [-0.05, 0) is 37.5 Å². The third-order valence-electron chi connectivity index (χ3n) is 3.41. The SMILES string of the molecule is CCc1nnc(Nc2ccc(C)cc2)c(C(N)=S)c1CC. The zero-order valence-corrected chi connectivity index (χ0v) is 13.4. The second kappa shape index (κ2) is 6.63. The maximum atomic E-state index is 5.92. The van der Waals surface area contributed by atoms with E-state index < -0.39 is 0 Å². The average Bonchev–Trinajstić information content (AvgIpc) is 2.48. The zero-order chi connectivity index (χ0) is 15.4. The van der Waals surface area contributed by atoms with Crippen LogP contribution in [0.1, 0.15) is 36.2 Å². The lowest BCUT2D eigenvalue weighted by Gasteiger charge is -2.15. The van der Waals surface area contributed by atoms with Crippen LogP contribution in [0.2, 0.25) is 0 Å². The number of nitrogens with zero attached hydrogens (tertiary/aromatic N) is 2. The van der Waals surface area contributed by atoms with E-state index in [1.54, 1.807) is 0 Å². The van der Waals surface area contributed by atoms with Crippen LogP contribution in [0.5, 0.6) is 0 Å². The highest BCUT2D eigenvalue weighted by atomic mass is 32.1. The number of anilines is 2. The van der Waals surface area contributed by atoms with E-state index >= 15 is 0 Å². The summed E-state index contributed by atoms with van der Waals surface area (Å²) in [4.78, 5) is 0.353. The summed E-state index contributed by atoms with van der Waals surface area (Å²) in [5.74, 6) is 0.625. The van der Waals surface area contributed by atoms with Crippen molar-refractivity contribution in [3.05, 3.63) is 46.6 Å². The Kier molecular flexibility index (Phi) is 4.85. The third-order valence-corrected chi connectivity index (χ3v) is 3.61. The second-order valence-corrected chi connectivity index (χ2v) is 5.35. The molecule has 0 unspecified atom stereocenters. The second-order valence-electron chi connectivity index (χ2n) is 4.91. The summed E-state index contributed by atoms with van der Waals surface area (Å²) in [7, 11) is 0. The number of benzene rings is 1. The molecule has 0 fully saturated rings. The van der Waals surface area contributed by atoms with E-state index in [0.717, 1.165) is 35.3 Å². The molecule has 0 spiro atoms. The lowest BCUT2D eigenvalue weighted by Crippen LogP contribution is -2.18. The van der Waals surface area contributed by atoms with Gasteiger partial charge in [-0.1, -0.05) is 43.8 Å². The largest absolute Gasteiger partial charge is 0.389 e. The summed E-state index contributed by atoms with van der Waals surface area (Å²) < 4.78 is 0. The first kappa shape index (κ1) is 15.4. The molecule has 4 nitrogen and oxygen atoms in total. The molecule has 1 aromatic carbocycles. The van der Waals surface area contributed by atoms with Crippen molar-refractivity contribution >= 4 is 28.7 Å². The van der Waals surface area contributed by atoms with Crippen molar-refractivity contribution in [3.63, 3.8) is 0 Å². The van der Waals surface area contributed by atoms with Crippen molar-refractivity contribution in [2.75, 3.05) is 5.32 Å². The smallest absolute Gasteiger partial charge is 0.163 e. The predicted molar refractivity (Wildman–Crippen MR) is 91.1 cm³/mol. The Hall–Kier alpha value is -2.01. The molecule has 2 rings (SSSR count). The molecule has 5 heteroatoms. The van der Waals surface area contributed by atoms with Crippen LogP contribution in [0, 0.1) is 6.92 Å². The molecule has 0 aliphatic rings. The molecule has 0 aliphatic heterocycles. The van der Waals surface area contributed by atoms with Gasteiger partial charge in [0, 0.05) is 5.69 Å². The monoisotopic (exact) mass is 300 g/mol. The number of nitrogens with two attached hydrogens (primary N) is 1. The highest BCUT2D eigenvalue weighted by molar-refractivity contribution is 7.80. The molecule has 2 aromatic rings. The third kappa shape index (κ3) is 3.36. The Morgan fingerprint density at radius 3 is 2.33 bits per heavy atom. The van der Waals surface area contributed by atoms with Crippen molar-refractivity contribution < 1.29 is 0 Å². The molecule has 1 heterocycles. The van der Waals surface area contributed by atoms with Gasteiger partial charge in [0.2, 0.25) is 0 Å². The maximum Gasteiger partial charge on any atom is 0.163 e. The minimum absolute atomic E-state index is 0.353. The van der Waals surface area contributed by atoms with Crippen LogP contribution in [0.3, 0.4) is 0 Å². The van der Waals surface area contributed by atoms with Gasteiger partial charge >= 0.3 is 0 Å². The Morgan fingerprint density at radius 1 is 1.14 bits per heavy atom. The number of rotatable bonds is 5. The van der Waals surface area contributed by atoms with E-state index in [4.69, 9.17) is 18.0 Å². The van der Waals surface area contributed by atoms with E-state index in [1.807, 2.05) is 24.3 Å². The molecule has 0 saturated carbocycles. The van der Waals surface area contributed by atoms with E-state index in [2.05, 4.69) is 36.3 Å². The van der Waals surface area contributed by atoms with E-state index in [9.17, 15) is 0 Å². The van der Waals surface area contributed by atoms with Crippen LogP contribution in [-0.2, 0) is 12.8 Å². The van der Waals surface area contributed by atoms with Gasteiger partial charge in [0.15, 0.2) is 5.82 Å². The van der Waals surface area contributed by atoms with Gasteiger partial charge in [-0.15, -0.1) is 5.10 Å². The molecule has 0 radical (unpaired) electrons. The van der Waals surface area contributed by atoms with Crippen molar-refractivity contribution in [1.29, 1.82) is 0 Å². The molecule has 1 aromatic heterocycles. The van der Waals surface area contributed by atoms with E-state index in [0.29, 0.717) is 10.8 Å². The lowest BCUT2D eigenvalue weighted by molar-refractivity contribution is 0.879.